The summed E-state index contributed by atoms with van der Waals surface area (Å²) in [6.07, 6.45) is 2.83. The van der Waals surface area contributed by atoms with E-state index in [2.05, 4.69) is 35.2 Å². The second kappa shape index (κ2) is 10.9. The van der Waals surface area contributed by atoms with Crippen molar-refractivity contribution in [2.24, 2.45) is 0 Å². The lowest BCUT2D eigenvalue weighted by Gasteiger charge is -2.65. The maximum atomic E-state index is 13.9. The minimum Gasteiger partial charge on any atom is -0.493 e. The van der Waals surface area contributed by atoms with E-state index < -0.39 is 33.2 Å². The summed E-state index contributed by atoms with van der Waals surface area (Å²) in [5, 5.41) is 0. The number of hydrogen-bond acceptors (Lipinski definition) is 7. The number of benzene rings is 3. The predicted octanol–water partition coefficient (Wildman–Crippen LogP) is 4.49. The van der Waals surface area contributed by atoms with E-state index >= 15 is 0 Å². The smallest absolute Gasteiger partial charge is 0.303 e. The highest BCUT2D eigenvalue weighted by Gasteiger charge is 2.75. The topological polar surface area (TPSA) is 85.4 Å². The van der Waals surface area contributed by atoms with Crippen molar-refractivity contribution in [2.45, 2.75) is 74.0 Å². The van der Waals surface area contributed by atoms with Gasteiger partial charge in [-0.05, 0) is 61.4 Å². The molecule has 0 N–H and O–H groups in total. The van der Waals surface area contributed by atoms with Gasteiger partial charge in [0.25, 0.3) is 0 Å². The van der Waals surface area contributed by atoms with Crippen LogP contribution in [-0.4, -0.2) is 74.6 Å². The van der Waals surface area contributed by atoms with E-state index in [1.54, 1.807) is 14.2 Å². The van der Waals surface area contributed by atoms with Crippen LogP contribution in [0.2, 0.25) is 0 Å². The minimum atomic E-state index is -3.68. The third kappa shape index (κ3) is 4.38. The quantitative estimate of drug-likeness (QED) is 0.328. The zero-order valence-corrected chi connectivity index (χ0v) is 26.4. The summed E-state index contributed by atoms with van der Waals surface area (Å²) < 4.78 is 48.6. The molecule has 44 heavy (non-hydrogen) atoms. The van der Waals surface area contributed by atoms with Crippen LogP contribution >= 0.6 is 0 Å². The van der Waals surface area contributed by atoms with Gasteiger partial charge >= 0.3 is 5.97 Å². The van der Waals surface area contributed by atoms with Crippen molar-refractivity contribution < 1.29 is 27.4 Å². The molecule has 0 radical (unpaired) electrons. The normalized spacial score (nSPS) is 28.7. The average Bonchev–Trinajstić information content (AvgIpc) is 3.36. The molecule has 7 rings (SSSR count). The number of carbonyl (C=O) groups is 1. The molecular weight excluding hydrogens is 576 g/mol. The Balaban J connectivity index is 1.32. The molecule has 8 nitrogen and oxygen atoms in total. The van der Waals surface area contributed by atoms with Crippen molar-refractivity contribution in [1.29, 1.82) is 0 Å². The number of hydrogen-bond donors (Lipinski definition) is 0. The summed E-state index contributed by atoms with van der Waals surface area (Å²) in [7, 11) is -0.374. The van der Waals surface area contributed by atoms with Gasteiger partial charge in [-0.2, -0.15) is 4.31 Å². The molecule has 3 aromatic carbocycles. The first-order valence-corrected chi connectivity index (χ1v) is 17.2. The minimum absolute atomic E-state index is 0.0611. The van der Waals surface area contributed by atoms with Crippen LogP contribution in [0, 0.1) is 0 Å². The largest absolute Gasteiger partial charge is 0.493 e. The first-order chi connectivity index (χ1) is 21.2. The van der Waals surface area contributed by atoms with Gasteiger partial charge in [0.2, 0.25) is 10.0 Å². The fraction of sp³-hybridized carbons (Fsp3) is 0.457. The SMILES string of the molecule is COc1ccc2c3c1O[C@H]1[C@@H](N(C)S(=O)(=O)Cc4ccccc4)CC[C@@]4(OC(C)=O)[C@@H](C2)N(CCc2ccccc2)CC[C@]314. The summed E-state index contributed by atoms with van der Waals surface area (Å²) in [5.74, 6) is 0.889. The molecule has 1 saturated heterocycles. The predicted molar refractivity (Wildman–Crippen MR) is 167 cm³/mol. The van der Waals surface area contributed by atoms with Gasteiger partial charge < -0.3 is 14.2 Å². The third-order valence-electron chi connectivity index (χ3n) is 10.7. The average molecular weight is 617 g/mol. The molecular formula is C35H40N2O6S. The van der Waals surface area contributed by atoms with Gasteiger partial charge in [0, 0.05) is 26.1 Å². The maximum absolute atomic E-state index is 13.9. The lowest BCUT2D eigenvalue weighted by molar-refractivity contribution is -0.221. The Labute approximate surface area is 260 Å². The van der Waals surface area contributed by atoms with Crippen LogP contribution in [0.1, 0.15) is 48.4 Å². The zero-order chi connectivity index (χ0) is 30.7. The number of ether oxygens (including phenoxy) is 3. The van der Waals surface area contributed by atoms with Gasteiger partial charge in [0.1, 0.15) is 11.7 Å². The van der Waals surface area contributed by atoms with Gasteiger partial charge in [-0.1, -0.05) is 66.7 Å². The summed E-state index contributed by atoms with van der Waals surface area (Å²) in [4.78, 5) is 15.5. The van der Waals surface area contributed by atoms with Crippen molar-refractivity contribution in [1.82, 2.24) is 9.21 Å². The molecule has 2 heterocycles. The van der Waals surface area contributed by atoms with Crippen molar-refractivity contribution in [3.8, 4) is 11.5 Å². The fourth-order valence-electron chi connectivity index (χ4n) is 8.84. The molecule has 4 aliphatic rings. The number of sulfonamides is 1. The maximum Gasteiger partial charge on any atom is 0.303 e. The lowest BCUT2D eigenvalue weighted by atomic mass is 9.48. The number of methoxy groups -OCH3 is 1. The zero-order valence-electron chi connectivity index (χ0n) is 25.6. The Bertz CT molecular complexity index is 1670. The van der Waals surface area contributed by atoms with Gasteiger partial charge in [-0.15, -0.1) is 0 Å². The summed E-state index contributed by atoms with van der Waals surface area (Å²) in [6, 6.07) is 23.3. The van der Waals surface area contributed by atoms with Crippen LogP contribution in [0.15, 0.2) is 72.8 Å². The molecule has 2 aliphatic heterocycles. The number of esters is 1. The summed E-state index contributed by atoms with van der Waals surface area (Å²) in [6.45, 7) is 3.13. The van der Waals surface area contributed by atoms with Crippen LogP contribution in [0.5, 0.6) is 11.5 Å². The molecule has 1 spiro atoms. The summed E-state index contributed by atoms with van der Waals surface area (Å²) >= 11 is 0. The molecule has 232 valence electrons. The summed E-state index contributed by atoms with van der Waals surface area (Å²) in [5.41, 5.74) is 2.66. The molecule has 0 amide bonds. The monoisotopic (exact) mass is 616 g/mol. The Hall–Kier alpha value is -3.40. The van der Waals surface area contributed by atoms with E-state index in [0.29, 0.717) is 30.8 Å². The molecule has 0 unspecified atom stereocenters. The van der Waals surface area contributed by atoms with Crippen LogP contribution in [-0.2, 0) is 43.6 Å². The first kappa shape index (κ1) is 29.3. The van der Waals surface area contributed by atoms with E-state index in [0.717, 1.165) is 42.6 Å². The van der Waals surface area contributed by atoms with E-state index in [9.17, 15) is 13.2 Å². The molecule has 2 fully saturated rings. The van der Waals surface area contributed by atoms with Crippen LogP contribution in [0.4, 0.5) is 0 Å². The number of likely N-dealkylation sites (tertiary alicyclic amines) is 1. The molecule has 3 aromatic rings. The van der Waals surface area contributed by atoms with Gasteiger partial charge in [-0.3, -0.25) is 9.69 Å². The number of piperidine rings is 1. The van der Waals surface area contributed by atoms with Crippen LogP contribution in [0.25, 0.3) is 0 Å². The molecule has 1 saturated carbocycles. The van der Waals surface area contributed by atoms with Crippen molar-refractivity contribution in [3.05, 3.63) is 95.1 Å². The van der Waals surface area contributed by atoms with Gasteiger partial charge in [-0.25, -0.2) is 8.42 Å². The highest BCUT2D eigenvalue weighted by molar-refractivity contribution is 7.88. The van der Waals surface area contributed by atoms with E-state index in [4.69, 9.17) is 14.2 Å². The molecule has 2 aliphatic carbocycles. The van der Waals surface area contributed by atoms with Crippen LogP contribution < -0.4 is 9.47 Å². The van der Waals surface area contributed by atoms with Crippen molar-refractivity contribution in [2.75, 3.05) is 27.2 Å². The highest BCUT2D eigenvalue weighted by Crippen LogP contribution is 2.67. The van der Waals surface area contributed by atoms with Crippen LogP contribution in [0.3, 0.4) is 0 Å². The number of likely N-dealkylation sites (N-methyl/N-ethyl adjacent to an activating group) is 1. The molecule has 5 atom stereocenters. The Morgan fingerprint density at radius 1 is 1.02 bits per heavy atom. The molecule has 2 bridgehead atoms. The number of rotatable bonds is 9. The Kier molecular flexibility index (Phi) is 7.26. The third-order valence-corrected chi connectivity index (χ3v) is 12.5. The number of nitrogens with zero attached hydrogens (tertiary/aromatic N) is 2. The number of carbonyl (C=O) groups excluding carboxylic acids is 1. The fourth-order valence-corrected chi connectivity index (χ4v) is 10.3. The standard InChI is InChI=1S/C35H40N2O6S/c1-24(38)43-35-18-16-28(36(2)44(39,40)23-26-12-8-5-9-13-26)33-34(35)19-21-37(20-17-25-10-6-4-7-11-25)30(35)22-27-14-15-29(41-3)32(42-33)31(27)34/h4-15,28,30,33H,16-23H2,1-3H3/t28-,30+,33-,34-,35+/m0/s1. The lowest BCUT2D eigenvalue weighted by Crippen LogP contribution is -2.79. The highest BCUT2D eigenvalue weighted by atomic mass is 32.2. The molecule has 9 heteroatoms. The van der Waals surface area contributed by atoms with E-state index in [1.807, 2.05) is 42.5 Å². The van der Waals surface area contributed by atoms with Gasteiger partial charge in [0.15, 0.2) is 11.5 Å². The second-order valence-corrected chi connectivity index (χ2v) is 14.8. The van der Waals surface area contributed by atoms with Crippen molar-refractivity contribution in [3.63, 3.8) is 0 Å². The van der Waals surface area contributed by atoms with Crippen molar-refractivity contribution >= 4 is 16.0 Å². The molecule has 0 aromatic heterocycles. The second-order valence-electron chi connectivity index (χ2n) is 12.7. The Morgan fingerprint density at radius 3 is 2.41 bits per heavy atom. The van der Waals surface area contributed by atoms with E-state index in [1.165, 1.54) is 16.8 Å². The first-order valence-electron chi connectivity index (χ1n) is 15.5. The Morgan fingerprint density at radius 2 is 1.73 bits per heavy atom. The van der Waals surface area contributed by atoms with Gasteiger partial charge in [0.05, 0.1) is 30.4 Å². The van der Waals surface area contributed by atoms with E-state index in [-0.39, 0.29) is 17.8 Å².